The Balaban J connectivity index is 1.21. The zero-order chi connectivity index (χ0) is 24.1. The number of amides is 2. The topological polar surface area (TPSA) is 111 Å². The molecular formula is C26H28ClN3O4. The molecule has 4 N–H and O–H groups in total. The number of aromatic nitrogens is 1. The molecule has 0 unspecified atom stereocenters. The van der Waals surface area contributed by atoms with Crippen LogP contribution in [0.15, 0.2) is 48.5 Å². The molecule has 2 aromatic carbocycles. The number of carbonyl (C=O) groups is 3. The molecular weight excluding hydrogens is 454 g/mol. The van der Waals surface area contributed by atoms with Crippen LogP contribution in [0.3, 0.4) is 0 Å². The summed E-state index contributed by atoms with van der Waals surface area (Å²) in [6.07, 6.45) is 4.28. The van der Waals surface area contributed by atoms with Crippen LogP contribution in [0.1, 0.15) is 60.5 Å². The number of aliphatic carboxylic acids is 1. The van der Waals surface area contributed by atoms with Crippen LogP contribution in [0.4, 0.5) is 5.69 Å². The van der Waals surface area contributed by atoms with Gasteiger partial charge in [0.15, 0.2) is 0 Å². The molecule has 4 rings (SSSR count). The van der Waals surface area contributed by atoms with Gasteiger partial charge >= 0.3 is 5.97 Å². The molecule has 178 valence electrons. The van der Waals surface area contributed by atoms with Gasteiger partial charge < -0.3 is 20.7 Å². The van der Waals surface area contributed by atoms with Crippen LogP contribution < -0.4 is 10.6 Å². The minimum absolute atomic E-state index is 0.160. The van der Waals surface area contributed by atoms with Crippen molar-refractivity contribution in [3.8, 4) is 0 Å². The van der Waals surface area contributed by atoms with Crippen LogP contribution >= 0.6 is 11.6 Å². The molecule has 1 saturated carbocycles. The van der Waals surface area contributed by atoms with Crippen molar-refractivity contribution in [2.45, 2.75) is 44.4 Å². The zero-order valence-electron chi connectivity index (χ0n) is 18.8. The minimum Gasteiger partial charge on any atom is -0.481 e. The highest BCUT2D eigenvalue weighted by molar-refractivity contribution is 6.31. The van der Waals surface area contributed by atoms with Gasteiger partial charge in [0.2, 0.25) is 5.91 Å². The summed E-state index contributed by atoms with van der Waals surface area (Å²) in [6, 6.07) is 14.9. The van der Waals surface area contributed by atoms with E-state index in [2.05, 4.69) is 15.6 Å². The number of benzene rings is 2. The second-order valence-corrected chi connectivity index (χ2v) is 9.34. The number of carboxylic acid groups (broad SMARTS) is 1. The molecule has 0 spiro atoms. The summed E-state index contributed by atoms with van der Waals surface area (Å²) >= 11 is 5.98. The van der Waals surface area contributed by atoms with E-state index < -0.39 is 5.97 Å². The number of rotatable bonds is 8. The summed E-state index contributed by atoms with van der Waals surface area (Å²) < 4.78 is 0. The molecule has 1 aliphatic rings. The van der Waals surface area contributed by atoms with Gasteiger partial charge in [-0.3, -0.25) is 14.4 Å². The number of nitrogens with one attached hydrogen (secondary N) is 3. The van der Waals surface area contributed by atoms with Gasteiger partial charge in [-0.1, -0.05) is 23.7 Å². The van der Waals surface area contributed by atoms with Crippen molar-refractivity contribution in [2.24, 2.45) is 5.92 Å². The van der Waals surface area contributed by atoms with Crippen molar-refractivity contribution in [3.05, 3.63) is 64.8 Å². The molecule has 0 saturated heterocycles. The van der Waals surface area contributed by atoms with E-state index in [0.717, 1.165) is 36.6 Å². The summed E-state index contributed by atoms with van der Waals surface area (Å²) in [5, 5.41) is 16.0. The summed E-state index contributed by atoms with van der Waals surface area (Å²) in [4.78, 5) is 38.6. The highest BCUT2D eigenvalue weighted by atomic mass is 35.5. The Morgan fingerprint density at radius 2 is 1.74 bits per heavy atom. The number of H-pyrrole nitrogens is 1. The first-order valence-electron chi connectivity index (χ1n) is 11.6. The van der Waals surface area contributed by atoms with Gasteiger partial charge in [0.25, 0.3) is 5.91 Å². The molecule has 1 aliphatic carbocycles. The molecule has 7 nitrogen and oxygen atoms in total. The maximum atomic E-state index is 12.4. The molecule has 0 atom stereocenters. The Morgan fingerprint density at radius 3 is 2.44 bits per heavy atom. The number of anilines is 1. The predicted molar refractivity (Wildman–Crippen MR) is 132 cm³/mol. The van der Waals surface area contributed by atoms with Gasteiger partial charge in [-0.2, -0.15) is 0 Å². The third-order valence-corrected chi connectivity index (χ3v) is 6.68. The Kier molecular flexibility index (Phi) is 7.53. The normalized spacial score (nSPS) is 17.9. The first-order chi connectivity index (χ1) is 16.4. The fourth-order valence-electron chi connectivity index (χ4n) is 4.62. The molecule has 8 heteroatoms. The summed E-state index contributed by atoms with van der Waals surface area (Å²) in [7, 11) is 0. The zero-order valence-corrected chi connectivity index (χ0v) is 19.5. The van der Waals surface area contributed by atoms with E-state index in [9.17, 15) is 14.4 Å². The minimum atomic E-state index is -0.716. The maximum Gasteiger partial charge on any atom is 0.303 e. The molecule has 1 aromatic heterocycles. The number of halogens is 1. The second kappa shape index (κ2) is 10.7. The Hall–Kier alpha value is -3.32. The first-order valence-corrected chi connectivity index (χ1v) is 11.9. The summed E-state index contributed by atoms with van der Waals surface area (Å²) in [6.45, 7) is 0.221. The van der Waals surface area contributed by atoms with Crippen molar-refractivity contribution in [1.29, 1.82) is 0 Å². The van der Waals surface area contributed by atoms with Gasteiger partial charge in [0.1, 0.15) is 5.69 Å². The number of hydrogen-bond acceptors (Lipinski definition) is 3. The number of fused-ring (bicyclic) bond motifs is 1. The molecule has 1 fully saturated rings. The van der Waals surface area contributed by atoms with Gasteiger partial charge in [0.05, 0.1) is 0 Å². The number of carboxylic acids is 1. The van der Waals surface area contributed by atoms with E-state index in [4.69, 9.17) is 16.7 Å². The standard InChI is InChI=1S/C26H28ClN3O4/c27-20-7-10-22-19(14-20)15-23(30-22)26(34)28-12-11-24(31)29-21-8-5-18(6-9-21)17-3-1-16(2-4-17)13-25(32)33/h5-10,14-17,30H,1-4,11-13H2,(H,28,34)(H,29,31)(H,32,33)/t16-,17-. The SMILES string of the molecule is O=C(O)C[C@H]1CC[C@H](c2ccc(NC(=O)CCNC(=O)c3cc4cc(Cl)ccc4[nH]3)cc2)CC1. The van der Waals surface area contributed by atoms with E-state index >= 15 is 0 Å². The maximum absolute atomic E-state index is 12.4. The molecule has 2 amide bonds. The van der Waals surface area contributed by atoms with Crippen LogP contribution in [0.25, 0.3) is 10.9 Å². The van der Waals surface area contributed by atoms with Crippen molar-refractivity contribution in [1.82, 2.24) is 10.3 Å². The third-order valence-electron chi connectivity index (χ3n) is 6.44. The largest absolute Gasteiger partial charge is 0.481 e. The molecule has 0 bridgehead atoms. The van der Waals surface area contributed by atoms with Crippen LogP contribution in [-0.4, -0.2) is 34.4 Å². The van der Waals surface area contributed by atoms with Crippen molar-refractivity contribution < 1.29 is 19.5 Å². The highest BCUT2D eigenvalue weighted by Crippen LogP contribution is 2.37. The second-order valence-electron chi connectivity index (χ2n) is 8.91. The number of aromatic amines is 1. The quantitative estimate of drug-likeness (QED) is 0.348. The molecule has 0 radical (unpaired) electrons. The Bertz CT molecular complexity index is 1180. The first kappa shape index (κ1) is 23.8. The summed E-state index contributed by atoms with van der Waals surface area (Å²) in [5.41, 5.74) is 3.18. The van der Waals surface area contributed by atoms with Crippen LogP contribution in [0, 0.1) is 5.92 Å². The number of hydrogen-bond donors (Lipinski definition) is 4. The van der Waals surface area contributed by atoms with E-state index in [1.165, 1.54) is 5.56 Å². The Labute approximate surface area is 202 Å². The van der Waals surface area contributed by atoms with Crippen molar-refractivity contribution in [2.75, 3.05) is 11.9 Å². The average molecular weight is 482 g/mol. The molecule has 1 heterocycles. The monoisotopic (exact) mass is 481 g/mol. The molecule has 34 heavy (non-hydrogen) atoms. The molecule has 3 aromatic rings. The van der Waals surface area contributed by atoms with Gasteiger partial charge in [-0.25, -0.2) is 0 Å². The van der Waals surface area contributed by atoms with Gasteiger partial charge in [0, 0.05) is 41.0 Å². The average Bonchev–Trinajstić information content (AvgIpc) is 3.23. The van der Waals surface area contributed by atoms with Crippen LogP contribution in [0.2, 0.25) is 5.02 Å². The van der Waals surface area contributed by atoms with Crippen LogP contribution in [0.5, 0.6) is 0 Å². The summed E-state index contributed by atoms with van der Waals surface area (Å²) in [5.74, 6) is -0.451. The number of carbonyl (C=O) groups excluding carboxylic acids is 2. The fraction of sp³-hybridized carbons (Fsp3) is 0.346. The van der Waals surface area contributed by atoms with Crippen molar-refractivity contribution >= 4 is 46.0 Å². The molecule has 0 aliphatic heterocycles. The predicted octanol–water partition coefficient (Wildman–Crippen LogP) is 5.33. The lowest BCUT2D eigenvalue weighted by Crippen LogP contribution is -2.27. The Morgan fingerprint density at radius 1 is 1.00 bits per heavy atom. The van der Waals surface area contributed by atoms with E-state index in [1.807, 2.05) is 30.3 Å². The van der Waals surface area contributed by atoms with Crippen molar-refractivity contribution in [3.63, 3.8) is 0 Å². The smallest absolute Gasteiger partial charge is 0.303 e. The van der Waals surface area contributed by atoms with E-state index in [-0.39, 0.29) is 37.1 Å². The van der Waals surface area contributed by atoms with E-state index in [0.29, 0.717) is 22.3 Å². The van der Waals surface area contributed by atoms with Gasteiger partial charge in [-0.15, -0.1) is 0 Å². The van der Waals surface area contributed by atoms with Gasteiger partial charge in [-0.05, 0) is 79.5 Å². The van der Waals surface area contributed by atoms with E-state index in [1.54, 1.807) is 18.2 Å². The highest BCUT2D eigenvalue weighted by Gasteiger charge is 2.24. The lowest BCUT2D eigenvalue weighted by atomic mass is 9.77. The fourth-order valence-corrected chi connectivity index (χ4v) is 4.80. The van der Waals surface area contributed by atoms with Crippen LogP contribution in [-0.2, 0) is 9.59 Å². The lowest BCUT2D eigenvalue weighted by molar-refractivity contribution is -0.138. The lowest BCUT2D eigenvalue weighted by Gasteiger charge is -2.28. The third kappa shape index (κ3) is 6.17.